The fourth-order valence-electron chi connectivity index (χ4n) is 3.21. The monoisotopic (exact) mass is 297 g/mol. The zero-order valence-electron chi connectivity index (χ0n) is 13.2. The number of piperidine rings is 2. The lowest BCUT2D eigenvalue weighted by atomic mass is 9.91. The lowest BCUT2D eigenvalue weighted by Crippen LogP contribution is -2.53. The van der Waals surface area contributed by atoms with Crippen LogP contribution < -0.4 is 0 Å². The Morgan fingerprint density at radius 1 is 1.24 bits per heavy atom. The third-order valence-electron chi connectivity index (χ3n) is 4.40. The zero-order chi connectivity index (χ0) is 15.5. The van der Waals surface area contributed by atoms with Crippen molar-refractivity contribution >= 4 is 11.8 Å². The predicted octanol–water partition coefficient (Wildman–Crippen LogP) is -0.0860. The van der Waals surface area contributed by atoms with Gasteiger partial charge in [0, 0.05) is 32.6 Å². The molecule has 6 nitrogen and oxygen atoms in total. The van der Waals surface area contributed by atoms with E-state index in [4.69, 9.17) is 0 Å². The Kier molecular flexibility index (Phi) is 5.22. The summed E-state index contributed by atoms with van der Waals surface area (Å²) in [7, 11) is 3.88. The van der Waals surface area contributed by atoms with E-state index in [0.29, 0.717) is 45.4 Å². The van der Waals surface area contributed by atoms with E-state index in [0.717, 1.165) is 12.8 Å². The molecule has 0 unspecified atom stereocenters. The fraction of sp³-hybridized carbons (Fsp3) is 0.867. The molecule has 0 aromatic heterocycles. The van der Waals surface area contributed by atoms with Gasteiger partial charge in [-0.3, -0.25) is 9.59 Å². The summed E-state index contributed by atoms with van der Waals surface area (Å²) in [6.07, 6.45) is 3.69. The SMILES string of the molecule is CN(C)CC1(O)CCN(C(=O)CN2CCCCC2=O)CC1. The minimum Gasteiger partial charge on any atom is -0.388 e. The van der Waals surface area contributed by atoms with Crippen LogP contribution in [-0.4, -0.2) is 84.0 Å². The summed E-state index contributed by atoms with van der Waals surface area (Å²) in [6.45, 7) is 2.67. The van der Waals surface area contributed by atoms with Crippen molar-refractivity contribution in [2.24, 2.45) is 0 Å². The van der Waals surface area contributed by atoms with Gasteiger partial charge in [0.05, 0.1) is 12.1 Å². The largest absolute Gasteiger partial charge is 0.388 e. The first-order valence-corrected chi connectivity index (χ1v) is 7.82. The van der Waals surface area contributed by atoms with Crippen molar-refractivity contribution in [2.75, 3.05) is 46.8 Å². The molecule has 0 atom stereocenters. The molecule has 0 bridgehead atoms. The maximum Gasteiger partial charge on any atom is 0.242 e. The molecule has 6 heteroatoms. The van der Waals surface area contributed by atoms with Gasteiger partial charge in [-0.1, -0.05) is 0 Å². The van der Waals surface area contributed by atoms with Crippen LogP contribution in [0.3, 0.4) is 0 Å². The Bertz CT molecular complexity index is 390. The predicted molar refractivity (Wildman–Crippen MR) is 79.7 cm³/mol. The van der Waals surface area contributed by atoms with Gasteiger partial charge in [0.1, 0.15) is 0 Å². The highest BCUT2D eigenvalue weighted by atomic mass is 16.3. The number of aliphatic hydroxyl groups is 1. The molecule has 0 aromatic carbocycles. The third kappa shape index (κ3) is 4.41. The van der Waals surface area contributed by atoms with Crippen LogP contribution in [0.4, 0.5) is 0 Å². The number of carbonyl (C=O) groups is 2. The highest BCUT2D eigenvalue weighted by Gasteiger charge is 2.34. The molecule has 0 spiro atoms. The first-order chi connectivity index (χ1) is 9.89. The topological polar surface area (TPSA) is 64.1 Å². The fourth-order valence-corrected chi connectivity index (χ4v) is 3.21. The van der Waals surface area contributed by atoms with Gasteiger partial charge in [0.15, 0.2) is 0 Å². The van der Waals surface area contributed by atoms with Gasteiger partial charge < -0.3 is 19.8 Å². The normalized spacial score (nSPS) is 22.8. The van der Waals surface area contributed by atoms with Gasteiger partial charge in [0.25, 0.3) is 0 Å². The second-order valence-corrected chi connectivity index (χ2v) is 6.62. The molecule has 21 heavy (non-hydrogen) atoms. The molecule has 0 aliphatic carbocycles. The third-order valence-corrected chi connectivity index (χ3v) is 4.40. The number of amides is 2. The van der Waals surface area contributed by atoms with E-state index in [9.17, 15) is 14.7 Å². The summed E-state index contributed by atoms with van der Waals surface area (Å²) in [4.78, 5) is 29.5. The second kappa shape index (κ2) is 6.75. The summed E-state index contributed by atoms with van der Waals surface area (Å²) < 4.78 is 0. The minimum atomic E-state index is -0.693. The standard InChI is InChI=1S/C15H27N3O3/c1-16(2)12-15(21)6-9-17(10-7-15)14(20)11-18-8-4-3-5-13(18)19/h21H,3-12H2,1-2H3. The quantitative estimate of drug-likeness (QED) is 0.788. The highest BCUT2D eigenvalue weighted by Crippen LogP contribution is 2.23. The van der Waals surface area contributed by atoms with Crippen LogP contribution in [0.2, 0.25) is 0 Å². The smallest absolute Gasteiger partial charge is 0.242 e. The van der Waals surface area contributed by atoms with Crippen LogP contribution in [0.15, 0.2) is 0 Å². The van der Waals surface area contributed by atoms with E-state index in [1.807, 2.05) is 19.0 Å². The van der Waals surface area contributed by atoms with E-state index < -0.39 is 5.60 Å². The van der Waals surface area contributed by atoms with E-state index in [1.54, 1.807) is 9.80 Å². The van der Waals surface area contributed by atoms with E-state index in [-0.39, 0.29) is 18.4 Å². The summed E-state index contributed by atoms with van der Waals surface area (Å²) >= 11 is 0. The molecular formula is C15H27N3O3. The number of likely N-dealkylation sites (N-methyl/N-ethyl adjacent to an activating group) is 1. The van der Waals surface area contributed by atoms with Crippen LogP contribution in [0.25, 0.3) is 0 Å². The number of carbonyl (C=O) groups excluding carboxylic acids is 2. The molecule has 2 amide bonds. The van der Waals surface area contributed by atoms with Gasteiger partial charge >= 0.3 is 0 Å². The van der Waals surface area contributed by atoms with Crippen molar-refractivity contribution in [3.8, 4) is 0 Å². The number of hydrogen-bond donors (Lipinski definition) is 1. The molecule has 120 valence electrons. The van der Waals surface area contributed by atoms with Gasteiger partial charge in [-0.2, -0.15) is 0 Å². The first-order valence-electron chi connectivity index (χ1n) is 7.82. The molecule has 2 fully saturated rings. The maximum absolute atomic E-state index is 12.3. The molecular weight excluding hydrogens is 270 g/mol. The average molecular weight is 297 g/mol. The van der Waals surface area contributed by atoms with Gasteiger partial charge in [-0.25, -0.2) is 0 Å². The molecule has 2 saturated heterocycles. The summed E-state index contributed by atoms with van der Waals surface area (Å²) in [5, 5.41) is 10.5. The Morgan fingerprint density at radius 2 is 1.90 bits per heavy atom. The van der Waals surface area contributed by atoms with Crippen LogP contribution >= 0.6 is 0 Å². The van der Waals surface area contributed by atoms with Gasteiger partial charge in [-0.15, -0.1) is 0 Å². The van der Waals surface area contributed by atoms with Crippen LogP contribution in [0, 0.1) is 0 Å². The zero-order valence-corrected chi connectivity index (χ0v) is 13.2. The van der Waals surface area contributed by atoms with Crippen molar-refractivity contribution in [3.05, 3.63) is 0 Å². The summed E-state index contributed by atoms with van der Waals surface area (Å²) in [5.41, 5.74) is -0.693. The van der Waals surface area contributed by atoms with Gasteiger partial charge in [-0.05, 0) is 39.8 Å². The Labute approximate surface area is 126 Å². The molecule has 2 rings (SSSR count). The molecule has 2 aliphatic heterocycles. The Balaban J connectivity index is 1.81. The van der Waals surface area contributed by atoms with Crippen molar-refractivity contribution in [2.45, 2.75) is 37.7 Å². The van der Waals surface area contributed by atoms with Crippen LogP contribution in [-0.2, 0) is 9.59 Å². The Morgan fingerprint density at radius 3 is 2.48 bits per heavy atom. The number of hydrogen-bond acceptors (Lipinski definition) is 4. The molecule has 2 aliphatic rings. The number of nitrogens with zero attached hydrogens (tertiary/aromatic N) is 3. The van der Waals surface area contributed by atoms with Crippen molar-refractivity contribution < 1.29 is 14.7 Å². The van der Waals surface area contributed by atoms with E-state index in [1.165, 1.54) is 0 Å². The Hall–Kier alpha value is -1.14. The van der Waals surface area contributed by atoms with Crippen molar-refractivity contribution in [3.63, 3.8) is 0 Å². The second-order valence-electron chi connectivity index (χ2n) is 6.62. The lowest BCUT2D eigenvalue weighted by Gasteiger charge is -2.40. The molecule has 1 N–H and O–H groups in total. The first kappa shape index (κ1) is 16.2. The van der Waals surface area contributed by atoms with Crippen LogP contribution in [0.1, 0.15) is 32.1 Å². The molecule has 0 radical (unpaired) electrons. The highest BCUT2D eigenvalue weighted by molar-refractivity contribution is 5.85. The molecule has 0 aromatic rings. The maximum atomic E-state index is 12.3. The van der Waals surface area contributed by atoms with E-state index >= 15 is 0 Å². The summed E-state index contributed by atoms with van der Waals surface area (Å²) in [6, 6.07) is 0. The average Bonchev–Trinajstić information content (AvgIpc) is 2.40. The van der Waals surface area contributed by atoms with Gasteiger partial charge in [0.2, 0.25) is 11.8 Å². The minimum absolute atomic E-state index is 0.0113. The molecule has 2 heterocycles. The van der Waals surface area contributed by atoms with Crippen molar-refractivity contribution in [1.82, 2.24) is 14.7 Å². The summed E-state index contributed by atoms with van der Waals surface area (Å²) in [5.74, 6) is 0.105. The van der Waals surface area contributed by atoms with E-state index in [2.05, 4.69) is 0 Å². The molecule has 0 saturated carbocycles. The number of rotatable bonds is 4. The van der Waals surface area contributed by atoms with Crippen LogP contribution in [0.5, 0.6) is 0 Å². The van der Waals surface area contributed by atoms with Crippen molar-refractivity contribution in [1.29, 1.82) is 0 Å². The lowest BCUT2D eigenvalue weighted by molar-refractivity contribution is -0.144. The number of likely N-dealkylation sites (tertiary alicyclic amines) is 2.